The molecule has 0 N–H and O–H groups in total. The Bertz CT molecular complexity index is 646. The number of benzene rings is 1. The number of nitrogens with zero attached hydrogens (tertiary/aromatic N) is 1. The average Bonchev–Trinajstić information content (AvgIpc) is 2.48. The molecule has 0 radical (unpaired) electrons. The minimum absolute atomic E-state index is 0.00737. The fraction of sp³-hybridized carbons (Fsp3) is 0. The Kier molecular flexibility index (Phi) is 4.99. The van der Waals surface area contributed by atoms with Crippen LogP contribution in [0.25, 0.3) is 0 Å². The van der Waals surface area contributed by atoms with Gasteiger partial charge in [0, 0.05) is 12.4 Å². The lowest BCUT2D eigenvalue weighted by molar-refractivity contribution is 0.0735. The van der Waals surface area contributed by atoms with Gasteiger partial charge in [-0.15, -0.1) is 0 Å². The summed E-state index contributed by atoms with van der Waals surface area (Å²) >= 11 is 29.5. The molecule has 2 aromatic rings. The van der Waals surface area contributed by atoms with Crippen LogP contribution in [0.5, 0.6) is 5.75 Å². The molecule has 0 spiro atoms. The summed E-state index contributed by atoms with van der Waals surface area (Å²) in [5.41, 5.74) is 0.273. The van der Waals surface area contributed by atoms with Gasteiger partial charge in [-0.05, 0) is 12.1 Å². The number of ether oxygens (including phenoxy) is 1. The highest BCUT2D eigenvalue weighted by Gasteiger charge is 2.23. The van der Waals surface area contributed by atoms with E-state index in [4.69, 9.17) is 62.7 Å². The number of hydrogen-bond donors (Lipinski definition) is 0. The predicted molar refractivity (Wildman–Crippen MR) is 80.7 cm³/mol. The van der Waals surface area contributed by atoms with Gasteiger partial charge in [0.1, 0.15) is 10.0 Å². The van der Waals surface area contributed by atoms with E-state index in [2.05, 4.69) is 4.98 Å². The lowest BCUT2D eigenvalue weighted by Gasteiger charge is -2.12. The van der Waals surface area contributed by atoms with Crippen molar-refractivity contribution in [1.29, 1.82) is 0 Å². The Labute approximate surface area is 139 Å². The largest absolute Gasteiger partial charge is 0.420 e. The first-order valence-corrected chi connectivity index (χ1v) is 6.96. The van der Waals surface area contributed by atoms with Crippen LogP contribution in [-0.4, -0.2) is 11.0 Å². The Morgan fingerprint density at radius 1 is 0.850 bits per heavy atom. The molecule has 0 unspecified atom stereocenters. The molecule has 0 aliphatic carbocycles. The summed E-state index contributed by atoms with van der Waals surface area (Å²) in [5, 5.41) is -0.269. The van der Waals surface area contributed by atoms with Crippen molar-refractivity contribution in [3.05, 3.63) is 55.2 Å². The van der Waals surface area contributed by atoms with Crippen molar-refractivity contribution in [2.45, 2.75) is 0 Å². The number of aromatic nitrogens is 1. The fourth-order valence-corrected chi connectivity index (χ4v) is 2.51. The smallest absolute Gasteiger partial charge is 0.343 e. The molecule has 0 atom stereocenters. The average molecular weight is 371 g/mol. The number of halogens is 5. The molecule has 0 saturated carbocycles. The highest BCUT2D eigenvalue weighted by Crippen LogP contribution is 2.48. The van der Waals surface area contributed by atoms with Crippen LogP contribution in [-0.2, 0) is 0 Å². The van der Waals surface area contributed by atoms with Gasteiger partial charge >= 0.3 is 5.97 Å². The van der Waals surface area contributed by atoms with Crippen LogP contribution < -0.4 is 4.74 Å². The lowest BCUT2D eigenvalue weighted by Crippen LogP contribution is -2.09. The van der Waals surface area contributed by atoms with Crippen LogP contribution in [0, 0.1) is 0 Å². The third-order valence-electron chi connectivity index (χ3n) is 2.28. The summed E-state index contributed by atoms with van der Waals surface area (Å²) in [6.07, 6.45) is 2.89. The summed E-state index contributed by atoms with van der Waals surface area (Å²) in [5.74, 6) is -0.819. The van der Waals surface area contributed by atoms with Crippen LogP contribution in [0.4, 0.5) is 0 Å². The Hall–Kier alpha value is -0.710. The molecule has 1 aromatic heterocycles. The first kappa shape index (κ1) is 15.7. The van der Waals surface area contributed by atoms with Gasteiger partial charge < -0.3 is 4.74 Å². The zero-order valence-electron chi connectivity index (χ0n) is 9.46. The van der Waals surface area contributed by atoms with E-state index < -0.39 is 5.97 Å². The van der Waals surface area contributed by atoms with Gasteiger partial charge in [-0.2, -0.15) is 0 Å². The molecule has 1 heterocycles. The van der Waals surface area contributed by atoms with Crippen molar-refractivity contribution in [3.63, 3.8) is 0 Å². The molecule has 0 aliphatic rings. The van der Waals surface area contributed by atoms with Crippen molar-refractivity contribution in [2.75, 3.05) is 0 Å². The summed E-state index contributed by atoms with van der Waals surface area (Å²) in [7, 11) is 0. The molecule has 8 heteroatoms. The third-order valence-corrected chi connectivity index (χ3v) is 4.52. The molecular formula is C12H4Cl5NO2. The third kappa shape index (κ3) is 2.97. The number of rotatable bonds is 2. The van der Waals surface area contributed by atoms with Crippen molar-refractivity contribution in [2.24, 2.45) is 0 Å². The van der Waals surface area contributed by atoms with E-state index in [1.807, 2.05) is 0 Å². The van der Waals surface area contributed by atoms with E-state index in [9.17, 15) is 4.79 Å². The first-order chi connectivity index (χ1) is 9.43. The van der Waals surface area contributed by atoms with E-state index in [0.29, 0.717) is 0 Å². The number of hydrogen-bond acceptors (Lipinski definition) is 3. The first-order valence-electron chi connectivity index (χ1n) is 5.07. The second-order valence-electron chi connectivity index (χ2n) is 3.52. The minimum Gasteiger partial charge on any atom is -0.420 e. The van der Waals surface area contributed by atoms with Crippen molar-refractivity contribution < 1.29 is 9.53 Å². The fourth-order valence-electron chi connectivity index (χ4n) is 1.31. The van der Waals surface area contributed by atoms with Crippen molar-refractivity contribution >= 4 is 64.0 Å². The quantitative estimate of drug-likeness (QED) is 0.300. The molecule has 0 bridgehead atoms. The molecule has 3 nitrogen and oxygen atoms in total. The molecule has 20 heavy (non-hydrogen) atoms. The van der Waals surface area contributed by atoms with Gasteiger partial charge in [-0.25, -0.2) is 4.79 Å². The highest BCUT2D eigenvalue weighted by molar-refractivity contribution is 6.55. The number of carbonyl (C=O) groups excluding carboxylic acids is 1. The molecule has 2 rings (SSSR count). The molecule has 0 amide bonds. The van der Waals surface area contributed by atoms with E-state index >= 15 is 0 Å². The van der Waals surface area contributed by atoms with Gasteiger partial charge in [0.05, 0.1) is 20.6 Å². The van der Waals surface area contributed by atoms with Crippen molar-refractivity contribution in [3.8, 4) is 5.75 Å². The topological polar surface area (TPSA) is 39.2 Å². The zero-order valence-corrected chi connectivity index (χ0v) is 13.2. The van der Waals surface area contributed by atoms with Gasteiger partial charge in [0.2, 0.25) is 0 Å². The Morgan fingerprint density at radius 3 is 1.80 bits per heavy atom. The van der Waals surface area contributed by atoms with E-state index in [1.54, 1.807) is 0 Å². The SMILES string of the molecule is O=C(Oc1c(Cl)c(Cl)c(Cl)c(Cl)c1Cl)c1ccncc1. The molecular weight excluding hydrogens is 367 g/mol. The molecule has 1 aromatic carbocycles. The number of carbonyl (C=O) groups is 1. The van der Waals surface area contributed by atoms with Gasteiger partial charge in [-0.3, -0.25) is 4.98 Å². The predicted octanol–water partition coefficient (Wildman–Crippen LogP) is 5.57. The second kappa shape index (κ2) is 6.37. The van der Waals surface area contributed by atoms with Crippen LogP contribution in [0.15, 0.2) is 24.5 Å². The summed E-state index contributed by atoms with van der Waals surface area (Å²) in [6, 6.07) is 2.95. The number of esters is 1. The molecule has 0 saturated heterocycles. The maximum absolute atomic E-state index is 11.9. The Morgan fingerprint density at radius 2 is 1.30 bits per heavy atom. The van der Waals surface area contributed by atoms with Gasteiger partial charge in [0.15, 0.2) is 5.75 Å². The lowest BCUT2D eigenvalue weighted by atomic mass is 10.3. The van der Waals surface area contributed by atoms with Crippen LogP contribution in [0.2, 0.25) is 25.1 Å². The van der Waals surface area contributed by atoms with Crippen LogP contribution >= 0.6 is 58.0 Å². The zero-order chi connectivity index (χ0) is 14.9. The maximum Gasteiger partial charge on any atom is 0.343 e. The summed E-state index contributed by atoms with van der Waals surface area (Å²) in [6.45, 7) is 0. The molecule has 104 valence electrons. The van der Waals surface area contributed by atoms with E-state index in [-0.39, 0.29) is 36.4 Å². The minimum atomic E-state index is -0.675. The van der Waals surface area contributed by atoms with Gasteiger partial charge in [0.25, 0.3) is 0 Å². The monoisotopic (exact) mass is 369 g/mol. The number of pyridine rings is 1. The Balaban J connectivity index is 2.43. The van der Waals surface area contributed by atoms with E-state index in [0.717, 1.165) is 0 Å². The maximum atomic E-state index is 11.9. The van der Waals surface area contributed by atoms with Crippen molar-refractivity contribution in [1.82, 2.24) is 4.98 Å². The second-order valence-corrected chi connectivity index (χ2v) is 5.41. The normalized spacial score (nSPS) is 10.4. The van der Waals surface area contributed by atoms with Crippen LogP contribution in [0.1, 0.15) is 10.4 Å². The summed E-state index contributed by atoms with van der Waals surface area (Å²) < 4.78 is 5.12. The standard InChI is InChI=1S/C12H4Cl5NO2/c13-6-7(14)9(16)11(10(17)8(6)15)20-12(19)5-1-3-18-4-2-5/h1-4H. The van der Waals surface area contributed by atoms with Crippen LogP contribution in [0.3, 0.4) is 0 Å². The molecule has 0 fully saturated rings. The van der Waals surface area contributed by atoms with Gasteiger partial charge in [-0.1, -0.05) is 58.0 Å². The summed E-state index contributed by atoms with van der Waals surface area (Å²) in [4.78, 5) is 15.7. The molecule has 0 aliphatic heterocycles. The van der Waals surface area contributed by atoms with E-state index in [1.165, 1.54) is 24.5 Å². The highest BCUT2D eigenvalue weighted by atomic mass is 35.5.